The first-order valence-electron chi connectivity index (χ1n) is 5.24. The van der Waals surface area contributed by atoms with E-state index in [1.54, 1.807) is 24.1 Å². The van der Waals surface area contributed by atoms with Gasteiger partial charge in [-0.3, -0.25) is 4.79 Å². The van der Waals surface area contributed by atoms with Crippen LogP contribution in [0.25, 0.3) is 0 Å². The van der Waals surface area contributed by atoms with Crippen molar-refractivity contribution in [1.82, 2.24) is 4.98 Å². The number of anilines is 1. The minimum Gasteiger partial charge on any atom is -0.310 e. The molecule has 0 aliphatic heterocycles. The van der Waals surface area contributed by atoms with Gasteiger partial charge >= 0.3 is 0 Å². The maximum atomic E-state index is 12.2. The quantitative estimate of drug-likeness (QED) is 0.596. The van der Waals surface area contributed by atoms with Crippen molar-refractivity contribution in [2.75, 3.05) is 11.9 Å². The Hall–Kier alpha value is -1.14. The summed E-state index contributed by atoms with van der Waals surface area (Å²) in [6.45, 7) is 0. The number of carbonyl (C=O) groups is 1. The first kappa shape index (κ1) is 13.3. The molecule has 18 heavy (non-hydrogen) atoms. The Morgan fingerprint density at radius 1 is 1.28 bits per heavy atom. The summed E-state index contributed by atoms with van der Waals surface area (Å²) in [6.07, 6.45) is 1.48. The number of nitrogens with zero attached hydrogens (tertiary/aromatic N) is 2. The van der Waals surface area contributed by atoms with E-state index in [-0.39, 0.29) is 5.91 Å². The van der Waals surface area contributed by atoms with Crippen molar-refractivity contribution in [2.45, 2.75) is 0 Å². The predicted molar refractivity (Wildman–Crippen MR) is 81.1 cm³/mol. The summed E-state index contributed by atoms with van der Waals surface area (Å²) in [7, 11) is 1.74. The molecule has 0 radical (unpaired) electrons. The first-order chi connectivity index (χ1) is 8.59. The van der Waals surface area contributed by atoms with Gasteiger partial charge in [-0.25, -0.2) is 4.98 Å². The fourth-order valence-electron chi connectivity index (χ4n) is 1.53. The van der Waals surface area contributed by atoms with Crippen molar-refractivity contribution in [3.63, 3.8) is 0 Å². The Balaban J connectivity index is 2.29. The maximum absolute atomic E-state index is 12.2. The highest BCUT2D eigenvalue weighted by atomic mass is 127. The van der Waals surface area contributed by atoms with Crippen LogP contribution in [-0.4, -0.2) is 17.9 Å². The molecule has 0 N–H and O–H groups in total. The molecule has 0 saturated carbocycles. The van der Waals surface area contributed by atoms with Gasteiger partial charge < -0.3 is 4.90 Å². The van der Waals surface area contributed by atoms with Crippen LogP contribution in [0, 0.1) is 3.57 Å². The van der Waals surface area contributed by atoms with E-state index in [4.69, 9.17) is 11.6 Å². The summed E-state index contributed by atoms with van der Waals surface area (Å²) in [5.74, 6) is -0.108. The highest BCUT2D eigenvalue weighted by Crippen LogP contribution is 2.22. The van der Waals surface area contributed by atoms with Crippen molar-refractivity contribution in [3.05, 3.63) is 56.9 Å². The Morgan fingerprint density at radius 2 is 2.00 bits per heavy atom. The van der Waals surface area contributed by atoms with Crippen LogP contribution in [0.3, 0.4) is 0 Å². The van der Waals surface area contributed by atoms with E-state index in [1.807, 2.05) is 24.3 Å². The summed E-state index contributed by atoms with van der Waals surface area (Å²) in [5, 5.41) is 0.378. The van der Waals surface area contributed by atoms with E-state index < -0.39 is 0 Å². The second-order valence-electron chi connectivity index (χ2n) is 3.69. The first-order valence-corrected chi connectivity index (χ1v) is 6.69. The van der Waals surface area contributed by atoms with Gasteiger partial charge in [-0.2, -0.15) is 0 Å². The van der Waals surface area contributed by atoms with Crippen molar-refractivity contribution < 1.29 is 4.79 Å². The van der Waals surface area contributed by atoms with Gasteiger partial charge in [0.25, 0.3) is 5.91 Å². The van der Waals surface area contributed by atoms with Gasteiger partial charge in [0.05, 0.1) is 11.3 Å². The fraction of sp³-hybridized carbons (Fsp3) is 0.0769. The van der Waals surface area contributed by atoms with Crippen molar-refractivity contribution in [1.29, 1.82) is 0 Å². The SMILES string of the molecule is CN(C(=O)c1ccc(Cl)nc1)c1ccccc1I. The number of hydrogen-bond donors (Lipinski definition) is 0. The van der Waals surface area contributed by atoms with E-state index in [0.717, 1.165) is 9.26 Å². The molecular formula is C13H10ClIN2O. The second-order valence-corrected chi connectivity index (χ2v) is 5.23. The number of pyridine rings is 1. The summed E-state index contributed by atoms with van der Waals surface area (Å²) < 4.78 is 1.02. The van der Waals surface area contributed by atoms with Crippen LogP contribution >= 0.6 is 34.2 Å². The molecule has 92 valence electrons. The van der Waals surface area contributed by atoms with Crippen LogP contribution in [0.5, 0.6) is 0 Å². The number of rotatable bonds is 2. The zero-order valence-corrected chi connectivity index (χ0v) is 12.5. The van der Waals surface area contributed by atoms with E-state index in [1.165, 1.54) is 6.20 Å². The number of hydrogen-bond acceptors (Lipinski definition) is 2. The maximum Gasteiger partial charge on any atom is 0.259 e. The molecule has 2 aromatic rings. The van der Waals surface area contributed by atoms with Gasteiger partial charge in [-0.15, -0.1) is 0 Å². The lowest BCUT2D eigenvalue weighted by Gasteiger charge is -2.18. The Kier molecular flexibility index (Phi) is 4.19. The molecule has 0 atom stereocenters. The number of aromatic nitrogens is 1. The smallest absolute Gasteiger partial charge is 0.259 e. The zero-order valence-electron chi connectivity index (χ0n) is 9.60. The van der Waals surface area contributed by atoms with Gasteiger partial charge in [0.1, 0.15) is 5.15 Å². The largest absolute Gasteiger partial charge is 0.310 e. The fourth-order valence-corrected chi connectivity index (χ4v) is 2.39. The minimum atomic E-state index is -0.108. The number of carbonyl (C=O) groups excluding carboxylic acids is 1. The topological polar surface area (TPSA) is 33.2 Å². The van der Waals surface area contributed by atoms with E-state index in [0.29, 0.717) is 10.7 Å². The summed E-state index contributed by atoms with van der Waals surface area (Å²) in [5.41, 5.74) is 1.39. The highest BCUT2D eigenvalue weighted by Gasteiger charge is 2.15. The number of para-hydroxylation sites is 1. The molecule has 1 heterocycles. The molecule has 0 saturated heterocycles. The van der Waals surface area contributed by atoms with Crippen molar-refractivity contribution in [2.24, 2.45) is 0 Å². The average Bonchev–Trinajstić information content (AvgIpc) is 2.38. The van der Waals surface area contributed by atoms with Crippen LogP contribution in [0.4, 0.5) is 5.69 Å². The van der Waals surface area contributed by atoms with E-state index in [9.17, 15) is 4.79 Å². The zero-order chi connectivity index (χ0) is 13.1. The van der Waals surface area contributed by atoms with Gasteiger partial charge in [0, 0.05) is 16.8 Å². The molecule has 0 spiro atoms. The van der Waals surface area contributed by atoms with Gasteiger partial charge in [0.2, 0.25) is 0 Å². The molecule has 0 aliphatic carbocycles. The third kappa shape index (κ3) is 2.81. The van der Waals surface area contributed by atoms with Crippen molar-refractivity contribution >= 4 is 45.8 Å². The summed E-state index contributed by atoms with van der Waals surface area (Å²) in [6, 6.07) is 11.0. The van der Waals surface area contributed by atoms with Crippen LogP contribution in [0.2, 0.25) is 5.15 Å². The Bertz CT molecular complexity index is 571. The number of amides is 1. The molecular weight excluding hydrogens is 363 g/mol. The molecule has 1 aromatic heterocycles. The lowest BCUT2D eigenvalue weighted by Crippen LogP contribution is -2.27. The molecule has 0 aliphatic rings. The van der Waals surface area contributed by atoms with Gasteiger partial charge in [0.15, 0.2) is 0 Å². The molecule has 5 heteroatoms. The average molecular weight is 373 g/mol. The highest BCUT2D eigenvalue weighted by molar-refractivity contribution is 14.1. The number of benzene rings is 1. The van der Waals surface area contributed by atoms with E-state index >= 15 is 0 Å². The lowest BCUT2D eigenvalue weighted by atomic mass is 10.2. The van der Waals surface area contributed by atoms with Crippen LogP contribution in [0.15, 0.2) is 42.6 Å². The molecule has 0 unspecified atom stereocenters. The van der Waals surface area contributed by atoms with Crippen LogP contribution in [-0.2, 0) is 0 Å². The molecule has 1 amide bonds. The minimum absolute atomic E-state index is 0.108. The van der Waals surface area contributed by atoms with Crippen molar-refractivity contribution in [3.8, 4) is 0 Å². The normalized spacial score (nSPS) is 10.2. The molecule has 2 rings (SSSR count). The van der Waals surface area contributed by atoms with Gasteiger partial charge in [-0.05, 0) is 46.9 Å². The van der Waals surface area contributed by atoms with Crippen LogP contribution < -0.4 is 4.90 Å². The molecule has 1 aromatic carbocycles. The third-order valence-electron chi connectivity index (χ3n) is 2.49. The predicted octanol–water partition coefficient (Wildman–Crippen LogP) is 3.62. The third-order valence-corrected chi connectivity index (χ3v) is 3.63. The molecule has 3 nitrogen and oxygen atoms in total. The van der Waals surface area contributed by atoms with Gasteiger partial charge in [-0.1, -0.05) is 23.7 Å². The van der Waals surface area contributed by atoms with E-state index in [2.05, 4.69) is 27.6 Å². The molecule has 0 bridgehead atoms. The summed E-state index contributed by atoms with van der Waals surface area (Å²) in [4.78, 5) is 17.8. The summed E-state index contributed by atoms with van der Waals surface area (Å²) >= 11 is 7.90. The Morgan fingerprint density at radius 3 is 2.61 bits per heavy atom. The monoisotopic (exact) mass is 372 g/mol. The second kappa shape index (κ2) is 5.67. The lowest BCUT2D eigenvalue weighted by molar-refractivity contribution is 0.0992. The van der Waals surface area contributed by atoms with Crippen LogP contribution in [0.1, 0.15) is 10.4 Å². The Labute approximate surface area is 124 Å². The standard InChI is InChI=1S/C13H10ClIN2O/c1-17(11-5-3-2-4-10(11)15)13(18)9-6-7-12(14)16-8-9/h2-8H,1H3. The number of halogens is 2. The molecule has 0 fully saturated rings.